The molecule has 0 aliphatic heterocycles. The molecule has 4 nitrogen and oxygen atoms in total. The van der Waals surface area contributed by atoms with Crippen LogP contribution in [0, 0.1) is 6.92 Å². The molecule has 0 bridgehead atoms. The van der Waals surface area contributed by atoms with E-state index in [9.17, 15) is 0 Å². The fourth-order valence-electron chi connectivity index (χ4n) is 2.42. The van der Waals surface area contributed by atoms with Crippen LogP contribution in [-0.2, 0) is 0 Å². The summed E-state index contributed by atoms with van der Waals surface area (Å²) in [7, 11) is 3.30. The van der Waals surface area contributed by atoms with Gasteiger partial charge in [0, 0.05) is 12.4 Å². The van der Waals surface area contributed by atoms with E-state index in [1.165, 1.54) is 11.1 Å². The Balaban J connectivity index is 2.46. The minimum Gasteiger partial charge on any atom is -0.493 e. The van der Waals surface area contributed by atoms with Crippen molar-refractivity contribution < 1.29 is 9.47 Å². The predicted molar refractivity (Wildman–Crippen MR) is 84.0 cm³/mol. The van der Waals surface area contributed by atoms with Crippen molar-refractivity contribution >= 4 is 0 Å². The maximum atomic E-state index is 5.40. The van der Waals surface area contributed by atoms with E-state index in [-0.39, 0.29) is 6.04 Å². The first kappa shape index (κ1) is 15.3. The van der Waals surface area contributed by atoms with Crippen LogP contribution in [0.5, 0.6) is 11.5 Å². The van der Waals surface area contributed by atoms with Gasteiger partial charge in [-0.15, -0.1) is 0 Å². The smallest absolute Gasteiger partial charge is 0.161 e. The molecule has 2 rings (SSSR count). The molecule has 0 saturated carbocycles. The first-order valence-corrected chi connectivity index (χ1v) is 7.07. The van der Waals surface area contributed by atoms with Gasteiger partial charge in [-0.1, -0.05) is 13.0 Å². The molecule has 0 spiro atoms. The van der Waals surface area contributed by atoms with Crippen LogP contribution in [0.2, 0.25) is 0 Å². The number of aromatic nitrogens is 1. The molecular formula is C17H22N2O2. The average molecular weight is 286 g/mol. The summed E-state index contributed by atoms with van der Waals surface area (Å²) in [4.78, 5) is 4.25. The number of rotatable bonds is 6. The fraction of sp³-hybridized carbons (Fsp3) is 0.353. The van der Waals surface area contributed by atoms with Crippen LogP contribution in [0.4, 0.5) is 0 Å². The number of benzene rings is 1. The molecule has 0 radical (unpaired) electrons. The van der Waals surface area contributed by atoms with Gasteiger partial charge in [-0.3, -0.25) is 4.98 Å². The minimum atomic E-state index is 0.0866. The van der Waals surface area contributed by atoms with Crippen molar-refractivity contribution in [3.05, 3.63) is 53.3 Å². The number of nitrogens with zero attached hydrogens (tertiary/aromatic N) is 1. The molecule has 1 unspecified atom stereocenters. The highest BCUT2D eigenvalue weighted by atomic mass is 16.5. The minimum absolute atomic E-state index is 0.0866. The lowest BCUT2D eigenvalue weighted by atomic mass is 9.96. The Morgan fingerprint density at radius 2 is 1.90 bits per heavy atom. The van der Waals surface area contributed by atoms with E-state index < -0.39 is 0 Å². The van der Waals surface area contributed by atoms with Gasteiger partial charge >= 0.3 is 0 Å². The first-order valence-electron chi connectivity index (χ1n) is 7.07. The zero-order valence-corrected chi connectivity index (χ0v) is 13.0. The third-order valence-electron chi connectivity index (χ3n) is 3.54. The number of hydrogen-bond donors (Lipinski definition) is 1. The monoisotopic (exact) mass is 286 g/mol. The van der Waals surface area contributed by atoms with Crippen molar-refractivity contribution in [3.8, 4) is 11.5 Å². The molecule has 1 N–H and O–H groups in total. The molecule has 0 fully saturated rings. The SMILES string of the molecule is CCNC(c1ccc(OC)c(OC)c1)c1cnccc1C. The van der Waals surface area contributed by atoms with E-state index >= 15 is 0 Å². The number of nitrogens with one attached hydrogen (secondary N) is 1. The molecule has 0 amide bonds. The summed E-state index contributed by atoms with van der Waals surface area (Å²) in [5, 5.41) is 3.51. The molecule has 1 aromatic heterocycles. The number of ether oxygens (including phenoxy) is 2. The molecule has 1 heterocycles. The Morgan fingerprint density at radius 1 is 1.14 bits per heavy atom. The summed E-state index contributed by atoms with van der Waals surface area (Å²) in [5.41, 5.74) is 3.52. The summed E-state index contributed by atoms with van der Waals surface area (Å²) < 4.78 is 10.7. The Hall–Kier alpha value is -2.07. The Labute approximate surface area is 126 Å². The lowest BCUT2D eigenvalue weighted by molar-refractivity contribution is 0.354. The van der Waals surface area contributed by atoms with Crippen LogP contribution in [0.1, 0.15) is 29.7 Å². The Bertz CT molecular complexity index is 599. The molecular weight excluding hydrogens is 264 g/mol. The van der Waals surface area contributed by atoms with E-state index in [0.717, 1.165) is 23.6 Å². The lowest BCUT2D eigenvalue weighted by Crippen LogP contribution is -2.23. The van der Waals surface area contributed by atoms with Crippen molar-refractivity contribution in [2.75, 3.05) is 20.8 Å². The van der Waals surface area contributed by atoms with Crippen LogP contribution < -0.4 is 14.8 Å². The van der Waals surface area contributed by atoms with E-state index in [1.807, 2.05) is 30.6 Å². The van der Waals surface area contributed by atoms with E-state index in [0.29, 0.717) is 0 Å². The fourth-order valence-corrected chi connectivity index (χ4v) is 2.42. The molecule has 0 aliphatic carbocycles. The van der Waals surface area contributed by atoms with Gasteiger partial charge in [-0.05, 0) is 48.4 Å². The maximum Gasteiger partial charge on any atom is 0.161 e. The number of aryl methyl sites for hydroxylation is 1. The van der Waals surface area contributed by atoms with Gasteiger partial charge in [0.2, 0.25) is 0 Å². The van der Waals surface area contributed by atoms with E-state index in [1.54, 1.807) is 14.2 Å². The van der Waals surface area contributed by atoms with Gasteiger partial charge in [0.05, 0.1) is 20.3 Å². The van der Waals surface area contributed by atoms with Gasteiger partial charge < -0.3 is 14.8 Å². The van der Waals surface area contributed by atoms with Crippen LogP contribution in [0.25, 0.3) is 0 Å². The number of pyridine rings is 1. The van der Waals surface area contributed by atoms with E-state index in [2.05, 4.69) is 30.2 Å². The molecule has 1 aromatic carbocycles. The largest absolute Gasteiger partial charge is 0.493 e. The number of hydrogen-bond acceptors (Lipinski definition) is 4. The third kappa shape index (κ3) is 3.34. The molecule has 0 saturated heterocycles. The quantitative estimate of drug-likeness (QED) is 0.886. The van der Waals surface area contributed by atoms with Gasteiger partial charge in [-0.2, -0.15) is 0 Å². The zero-order valence-electron chi connectivity index (χ0n) is 13.0. The maximum absolute atomic E-state index is 5.40. The van der Waals surface area contributed by atoms with Gasteiger partial charge in [-0.25, -0.2) is 0 Å². The van der Waals surface area contributed by atoms with Crippen LogP contribution >= 0.6 is 0 Å². The lowest BCUT2D eigenvalue weighted by Gasteiger charge is -2.21. The molecule has 0 aliphatic rings. The highest BCUT2D eigenvalue weighted by Gasteiger charge is 2.17. The number of methoxy groups -OCH3 is 2. The second-order valence-electron chi connectivity index (χ2n) is 4.84. The Morgan fingerprint density at radius 3 is 2.52 bits per heavy atom. The van der Waals surface area contributed by atoms with Crippen molar-refractivity contribution in [2.45, 2.75) is 19.9 Å². The van der Waals surface area contributed by atoms with E-state index in [4.69, 9.17) is 9.47 Å². The molecule has 1 atom stereocenters. The summed E-state index contributed by atoms with van der Waals surface area (Å²) in [5.74, 6) is 1.47. The second kappa shape index (κ2) is 7.09. The molecule has 112 valence electrons. The van der Waals surface area contributed by atoms with Crippen molar-refractivity contribution in [3.63, 3.8) is 0 Å². The summed E-state index contributed by atoms with van der Waals surface area (Å²) in [6.45, 7) is 5.06. The van der Waals surface area contributed by atoms with Crippen molar-refractivity contribution in [1.82, 2.24) is 10.3 Å². The highest BCUT2D eigenvalue weighted by Crippen LogP contribution is 2.32. The molecule has 2 aromatic rings. The van der Waals surface area contributed by atoms with Crippen molar-refractivity contribution in [1.29, 1.82) is 0 Å². The van der Waals surface area contributed by atoms with Gasteiger partial charge in [0.15, 0.2) is 11.5 Å². The summed E-state index contributed by atoms with van der Waals surface area (Å²) >= 11 is 0. The van der Waals surface area contributed by atoms with Gasteiger partial charge in [0.1, 0.15) is 0 Å². The second-order valence-corrected chi connectivity index (χ2v) is 4.84. The van der Waals surface area contributed by atoms with Crippen LogP contribution in [0.15, 0.2) is 36.7 Å². The summed E-state index contributed by atoms with van der Waals surface area (Å²) in [6.07, 6.45) is 3.73. The van der Waals surface area contributed by atoms with Crippen LogP contribution in [-0.4, -0.2) is 25.7 Å². The van der Waals surface area contributed by atoms with Gasteiger partial charge in [0.25, 0.3) is 0 Å². The average Bonchev–Trinajstić information content (AvgIpc) is 2.53. The third-order valence-corrected chi connectivity index (χ3v) is 3.54. The Kier molecular flexibility index (Phi) is 5.17. The molecule has 21 heavy (non-hydrogen) atoms. The normalized spacial score (nSPS) is 12.0. The van der Waals surface area contributed by atoms with Crippen LogP contribution in [0.3, 0.4) is 0 Å². The van der Waals surface area contributed by atoms with Crippen molar-refractivity contribution in [2.24, 2.45) is 0 Å². The first-order chi connectivity index (χ1) is 10.2. The predicted octanol–water partition coefficient (Wildman–Crippen LogP) is 3.11. The highest BCUT2D eigenvalue weighted by molar-refractivity contribution is 5.46. The molecule has 4 heteroatoms. The topological polar surface area (TPSA) is 43.4 Å². The standard InChI is InChI=1S/C17H22N2O2/c1-5-19-17(14-11-18-9-8-12(14)2)13-6-7-15(20-3)16(10-13)21-4/h6-11,17,19H,5H2,1-4H3. The summed E-state index contributed by atoms with van der Waals surface area (Å²) in [6, 6.07) is 8.12. The zero-order chi connectivity index (χ0) is 15.2.